The average molecular weight is 382 g/mol. The molecule has 0 saturated carbocycles. The van der Waals surface area contributed by atoms with Gasteiger partial charge in [-0.3, -0.25) is 4.79 Å². The number of aromatic amines is 1. The van der Waals surface area contributed by atoms with Gasteiger partial charge in [-0.15, -0.1) is 0 Å². The fourth-order valence-electron chi connectivity index (χ4n) is 2.12. The molecule has 8 heteroatoms. The number of anilines is 1. The molecule has 2 aromatic carbocycles. The maximum Gasteiger partial charge on any atom is 0.234 e. The minimum atomic E-state index is -0.170. The third kappa shape index (κ3) is 4.14. The van der Waals surface area contributed by atoms with E-state index in [4.69, 9.17) is 27.9 Å². The van der Waals surface area contributed by atoms with Gasteiger partial charge in [0.25, 0.3) is 0 Å². The second-order valence-electron chi connectivity index (χ2n) is 4.92. The molecule has 0 radical (unpaired) electrons. The molecular weight excluding hydrogens is 369 g/mol. The number of fused-ring (bicyclic) bond motifs is 1. The Morgan fingerprint density at radius 3 is 2.71 bits per heavy atom. The van der Waals surface area contributed by atoms with Gasteiger partial charge in [-0.1, -0.05) is 35.0 Å². The molecule has 1 aromatic heterocycles. The zero-order valence-electron chi connectivity index (χ0n) is 12.6. The largest absolute Gasteiger partial charge is 0.497 e. The van der Waals surface area contributed by atoms with E-state index in [0.29, 0.717) is 20.9 Å². The van der Waals surface area contributed by atoms with Crippen LogP contribution < -0.4 is 10.1 Å². The van der Waals surface area contributed by atoms with Crippen LogP contribution in [0.25, 0.3) is 11.0 Å². The first-order valence-electron chi connectivity index (χ1n) is 6.96. The van der Waals surface area contributed by atoms with E-state index in [1.54, 1.807) is 25.3 Å². The molecule has 0 fully saturated rings. The maximum atomic E-state index is 12.0. The predicted octanol–water partition coefficient (Wildman–Crippen LogP) is 4.61. The standard InChI is InChI=1S/C16H13Cl2N3O2S/c1-23-12-2-3-13-14(7-12)21-16(20-13)24-8-15(22)19-11-5-9(17)4-10(18)6-11/h2-7H,8H2,1H3,(H,19,22)(H,20,21). The molecule has 0 aliphatic carbocycles. The summed E-state index contributed by atoms with van der Waals surface area (Å²) in [6.07, 6.45) is 0. The lowest BCUT2D eigenvalue weighted by atomic mass is 10.3. The summed E-state index contributed by atoms with van der Waals surface area (Å²) in [7, 11) is 1.61. The van der Waals surface area contributed by atoms with Crippen molar-refractivity contribution in [1.29, 1.82) is 0 Å². The van der Waals surface area contributed by atoms with E-state index in [1.807, 2.05) is 18.2 Å². The van der Waals surface area contributed by atoms with Crippen LogP contribution in [0.1, 0.15) is 0 Å². The molecule has 3 aromatic rings. The van der Waals surface area contributed by atoms with E-state index in [1.165, 1.54) is 11.8 Å². The summed E-state index contributed by atoms with van der Waals surface area (Å²) in [5.41, 5.74) is 2.24. The van der Waals surface area contributed by atoms with E-state index in [9.17, 15) is 4.79 Å². The summed E-state index contributed by atoms with van der Waals surface area (Å²) in [5, 5.41) is 4.36. The summed E-state index contributed by atoms with van der Waals surface area (Å²) in [5.74, 6) is 0.788. The summed E-state index contributed by atoms with van der Waals surface area (Å²) in [4.78, 5) is 19.6. The Bertz CT molecular complexity index is 878. The zero-order valence-corrected chi connectivity index (χ0v) is 14.9. The molecule has 0 aliphatic rings. The Morgan fingerprint density at radius 2 is 2.00 bits per heavy atom. The number of thioether (sulfide) groups is 1. The topological polar surface area (TPSA) is 67.0 Å². The number of benzene rings is 2. The number of halogens is 2. The first-order valence-corrected chi connectivity index (χ1v) is 8.70. The van der Waals surface area contributed by atoms with Gasteiger partial charge in [-0.25, -0.2) is 4.98 Å². The van der Waals surface area contributed by atoms with Crippen molar-refractivity contribution in [2.45, 2.75) is 5.16 Å². The molecule has 1 heterocycles. The highest BCUT2D eigenvalue weighted by Gasteiger charge is 2.09. The van der Waals surface area contributed by atoms with E-state index >= 15 is 0 Å². The number of hydrogen-bond donors (Lipinski definition) is 2. The van der Waals surface area contributed by atoms with Crippen LogP contribution in [0.4, 0.5) is 5.69 Å². The number of carbonyl (C=O) groups excluding carboxylic acids is 1. The number of imidazole rings is 1. The average Bonchev–Trinajstić information content (AvgIpc) is 2.93. The molecule has 0 saturated heterocycles. The maximum absolute atomic E-state index is 12.0. The summed E-state index contributed by atoms with van der Waals surface area (Å²) in [6, 6.07) is 10.5. The highest BCUT2D eigenvalue weighted by atomic mass is 35.5. The van der Waals surface area contributed by atoms with E-state index in [0.717, 1.165) is 16.8 Å². The number of nitrogens with one attached hydrogen (secondary N) is 2. The first-order chi connectivity index (χ1) is 11.5. The molecule has 1 amide bonds. The van der Waals surface area contributed by atoms with E-state index < -0.39 is 0 Å². The van der Waals surface area contributed by atoms with Gasteiger partial charge in [0.05, 0.1) is 23.9 Å². The molecule has 0 spiro atoms. The Kier molecular flexibility index (Phi) is 5.18. The van der Waals surface area contributed by atoms with Crippen LogP contribution in [0, 0.1) is 0 Å². The van der Waals surface area contributed by atoms with Crippen molar-refractivity contribution in [2.75, 3.05) is 18.2 Å². The predicted molar refractivity (Wildman–Crippen MR) is 98.5 cm³/mol. The van der Waals surface area contributed by atoms with Crippen molar-refractivity contribution in [1.82, 2.24) is 9.97 Å². The number of ether oxygens (including phenoxy) is 1. The van der Waals surface area contributed by atoms with Gasteiger partial charge in [0.2, 0.25) is 5.91 Å². The number of nitrogens with zero attached hydrogens (tertiary/aromatic N) is 1. The quantitative estimate of drug-likeness (QED) is 0.633. The normalized spacial score (nSPS) is 10.8. The molecule has 2 N–H and O–H groups in total. The van der Waals surface area contributed by atoms with Crippen molar-refractivity contribution in [3.63, 3.8) is 0 Å². The van der Waals surface area contributed by atoms with Crippen molar-refractivity contribution in [3.05, 3.63) is 46.4 Å². The van der Waals surface area contributed by atoms with Gasteiger partial charge in [0.1, 0.15) is 5.75 Å². The number of H-pyrrole nitrogens is 1. The molecule has 0 aliphatic heterocycles. The van der Waals surface area contributed by atoms with Gasteiger partial charge in [-0.05, 0) is 30.3 Å². The Hall–Kier alpha value is -1.89. The van der Waals surface area contributed by atoms with Gasteiger partial charge >= 0.3 is 0 Å². The van der Waals surface area contributed by atoms with Crippen LogP contribution in [-0.4, -0.2) is 28.7 Å². The van der Waals surface area contributed by atoms with Crippen LogP contribution in [0.15, 0.2) is 41.6 Å². The van der Waals surface area contributed by atoms with Crippen molar-refractivity contribution >= 4 is 57.6 Å². The van der Waals surface area contributed by atoms with E-state index in [2.05, 4.69) is 15.3 Å². The highest BCUT2D eigenvalue weighted by molar-refractivity contribution is 7.99. The highest BCUT2D eigenvalue weighted by Crippen LogP contribution is 2.25. The van der Waals surface area contributed by atoms with Gasteiger partial charge < -0.3 is 15.0 Å². The molecular formula is C16H13Cl2N3O2S. The lowest BCUT2D eigenvalue weighted by Gasteiger charge is -2.05. The lowest BCUT2D eigenvalue weighted by molar-refractivity contribution is -0.113. The SMILES string of the molecule is COc1ccc2nc(SCC(=O)Nc3cc(Cl)cc(Cl)c3)[nH]c2c1. The molecule has 0 atom stereocenters. The third-order valence-electron chi connectivity index (χ3n) is 3.15. The van der Waals surface area contributed by atoms with Crippen LogP contribution in [0.3, 0.4) is 0 Å². The Balaban J connectivity index is 1.63. The van der Waals surface area contributed by atoms with Crippen molar-refractivity contribution in [3.8, 4) is 5.75 Å². The molecule has 3 rings (SSSR count). The number of amides is 1. The number of aromatic nitrogens is 2. The fraction of sp³-hybridized carbons (Fsp3) is 0.125. The molecule has 0 bridgehead atoms. The number of rotatable bonds is 5. The minimum Gasteiger partial charge on any atom is -0.497 e. The second-order valence-corrected chi connectivity index (χ2v) is 6.76. The Labute approximate surface area is 152 Å². The van der Waals surface area contributed by atoms with Crippen molar-refractivity contribution in [2.24, 2.45) is 0 Å². The van der Waals surface area contributed by atoms with Gasteiger partial charge in [0, 0.05) is 21.8 Å². The number of carbonyl (C=O) groups is 1. The van der Waals surface area contributed by atoms with Gasteiger partial charge in [-0.2, -0.15) is 0 Å². The third-order valence-corrected chi connectivity index (χ3v) is 4.46. The smallest absolute Gasteiger partial charge is 0.234 e. The fourth-order valence-corrected chi connectivity index (χ4v) is 3.33. The first kappa shape index (κ1) is 17.0. The van der Waals surface area contributed by atoms with Crippen LogP contribution in [-0.2, 0) is 4.79 Å². The molecule has 5 nitrogen and oxygen atoms in total. The van der Waals surface area contributed by atoms with Crippen LogP contribution in [0.2, 0.25) is 10.0 Å². The summed E-state index contributed by atoms with van der Waals surface area (Å²) >= 11 is 13.1. The number of hydrogen-bond acceptors (Lipinski definition) is 4. The number of methoxy groups -OCH3 is 1. The summed E-state index contributed by atoms with van der Waals surface area (Å²) < 4.78 is 5.18. The second kappa shape index (κ2) is 7.34. The van der Waals surface area contributed by atoms with E-state index in [-0.39, 0.29) is 11.7 Å². The lowest BCUT2D eigenvalue weighted by Crippen LogP contribution is -2.14. The van der Waals surface area contributed by atoms with Gasteiger partial charge in [0.15, 0.2) is 5.16 Å². The molecule has 124 valence electrons. The van der Waals surface area contributed by atoms with Crippen LogP contribution >= 0.6 is 35.0 Å². The molecule has 24 heavy (non-hydrogen) atoms. The van der Waals surface area contributed by atoms with Crippen molar-refractivity contribution < 1.29 is 9.53 Å². The molecule has 0 unspecified atom stereocenters. The monoisotopic (exact) mass is 381 g/mol. The van der Waals surface area contributed by atoms with Crippen LogP contribution in [0.5, 0.6) is 5.75 Å². The minimum absolute atomic E-state index is 0.170. The summed E-state index contributed by atoms with van der Waals surface area (Å²) in [6.45, 7) is 0. The zero-order chi connectivity index (χ0) is 17.1. The Morgan fingerprint density at radius 1 is 1.25 bits per heavy atom.